The van der Waals surface area contributed by atoms with Gasteiger partial charge in [0.1, 0.15) is 5.69 Å². The maximum absolute atomic E-state index is 13.0. The molecule has 1 aliphatic carbocycles. The molecule has 0 aromatic heterocycles. The normalized spacial score (nSPS) is 16.2. The van der Waals surface area contributed by atoms with Gasteiger partial charge >= 0.3 is 0 Å². The van der Waals surface area contributed by atoms with Crippen molar-refractivity contribution in [1.29, 1.82) is 0 Å². The maximum Gasteiger partial charge on any atom is 0.293 e. The number of nitrogens with one attached hydrogen (secondary N) is 2. The Morgan fingerprint density at radius 2 is 1.65 bits per heavy atom. The molecule has 51 heavy (non-hydrogen) atoms. The van der Waals surface area contributed by atoms with Gasteiger partial charge in [-0.1, -0.05) is 61.4 Å². The number of anilines is 2. The lowest BCUT2D eigenvalue weighted by atomic mass is 9.73. The Morgan fingerprint density at radius 3 is 2.35 bits per heavy atom. The van der Waals surface area contributed by atoms with Crippen LogP contribution < -0.4 is 14.9 Å². The van der Waals surface area contributed by atoms with E-state index in [-0.39, 0.29) is 11.6 Å². The minimum atomic E-state index is -0.399. The number of allylic oxidation sites excluding steroid dienone is 1. The van der Waals surface area contributed by atoms with Gasteiger partial charge in [0.15, 0.2) is 0 Å². The molecular weight excluding hydrogens is 698 g/mol. The summed E-state index contributed by atoms with van der Waals surface area (Å²) in [5.74, 6) is 0.520. The van der Waals surface area contributed by atoms with E-state index in [4.69, 9.17) is 11.6 Å². The minimum Gasteiger partial charge on any atom is -0.379 e. The van der Waals surface area contributed by atoms with Crippen molar-refractivity contribution in [3.05, 3.63) is 129 Å². The lowest BCUT2D eigenvalue weighted by molar-refractivity contribution is -0.384. The number of hydrogen-bond acceptors (Lipinski definition) is 8. The van der Waals surface area contributed by atoms with Crippen molar-refractivity contribution in [3.63, 3.8) is 0 Å². The molecule has 8 nitrogen and oxygen atoms in total. The van der Waals surface area contributed by atoms with Gasteiger partial charge in [-0.05, 0) is 108 Å². The molecule has 0 unspecified atom stereocenters. The summed E-state index contributed by atoms with van der Waals surface area (Å²) >= 11 is 8.95. The number of nitrogens with zero attached hydrogens (tertiary/aromatic N) is 3. The van der Waals surface area contributed by atoms with Crippen LogP contribution in [-0.4, -0.2) is 60.8 Å². The number of halogens is 1. The Morgan fingerprint density at radius 1 is 0.922 bits per heavy atom. The standard InChI is InChI=1S/C40H44ClN5O3S2/c1-40(2)19-18-36(29-8-12-32(41)13-9-29)31(27-40)28-44-21-23-45(24-22-44)33-14-10-30(11-15-33)39(47)43-51-35-16-17-37(38(26-35)46(48)49)42-20-25-50-34-6-4-3-5-7-34/h3-17,26,42H,18-25,27-28H2,1-2H3,(H,43,47). The van der Waals surface area contributed by atoms with E-state index in [1.165, 1.54) is 23.6 Å². The molecule has 1 aliphatic heterocycles. The molecule has 266 valence electrons. The lowest BCUT2D eigenvalue weighted by Gasteiger charge is -2.39. The molecule has 11 heteroatoms. The van der Waals surface area contributed by atoms with Gasteiger partial charge in [-0.3, -0.25) is 24.5 Å². The van der Waals surface area contributed by atoms with E-state index in [1.807, 2.05) is 66.7 Å². The van der Waals surface area contributed by atoms with Gasteiger partial charge in [0.2, 0.25) is 0 Å². The number of hydrogen-bond donors (Lipinski definition) is 2. The topological polar surface area (TPSA) is 90.8 Å². The van der Waals surface area contributed by atoms with Gasteiger partial charge in [0, 0.05) is 77.2 Å². The highest BCUT2D eigenvalue weighted by Crippen LogP contribution is 2.43. The van der Waals surface area contributed by atoms with Gasteiger partial charge in [-0.2, -0.15) is 0 Å². The molecule has 0 spiro atoms. The fourth-order valence-corrected chi connectivity index (χ4v) is 8.28. The second-order valence-corrected chi connectivity index (χ2v) is 16.3. The second-order valence-electron chi connectivity index (χ2n) is 13.8. The van der Waals surface area contributed by atoms with Crippen LogP contribution in [-0.2, 0) is 0 Å². The molecule has 4 aromatic carbocycles. The second kappa shape index (κ2) is 17.0. The molecule has 1 amide bonds. The third kappa shape index (κ3) is 10.1. The number of carbonyl (C=O) groups excluding carboxylic acids is 1. The number of benzene rings is 4. The lowest BCUT2D eigenvalue weighted by Crippen LogP contribution is -2.47. The fraction of sp³-hybridized carbons (Fsp3) is 0.325. The molecular formula is C40H44ClN5O3S2. The Hall–Kier alpha value is -3.96. The zero-order valence-corrected chi connectivity index (χ0v) is 31.5. The predicted octanol–water partition coefficient (Wildman–Crippen LogP) is 9.68. The van der Waals surface area contributed by atoms with Crippen LogP contribution in [0.15, 0.2) is 112 Å². The smallest absolute Gasteiger partial charge is 0.293 e. The average molecular weight is 742 g/mol. The molecule has 1 saturated heterocycles. The Kier molecular flexibility index (Phi) is 12.3. The number of nitro groups is 1. The molecule has 0 radical (unpaired) electrons. The van der Waals surface area contributed by atoms with E-state index in [0.717, 1.165) is 78.9 Å². The van der Waals surface area contributed by atoms with Gasteiger partial charge in [-0.25, -0.2) is 0 Å². The first kappa shape index (κ1) is 36.8. The zero-order valence-electron chi connectivity index (χ0n) is 29.1. The monoisotopic (exact) mass is 741 g/mol. The number of piperazine rings is 1. The van der Waals surface area contributed by atoms with E-state index in [0.29, 0.717) is 28.1 Å². The molecule has 1 heterocycles. The van der Waals surface area contributed by atoms with Crippen LogP contribution in [0.5, 0.6) is 0 Å². The summed E-state index contributed by atoms with van der Waals surface area (Å²) in [7, 11) is 0. The van der Waals surface area contributed by atoms with Crippen LogP contribution in [0.4, 0.5) is 17.1 Å². The first-order chi connectivity index (χ1) is 24.6. The summed E-state index contributed by atoms with van der Waals surface area (Å²) in [4.78, 5) is 31.1. The Labute approximate surface area is 314 Å². The molecule has 4 aromatic rings. The Bertz CT molecular complexity index is 1840. The largest absolute Gasteiger partial charge is 0.379 e. The molecule has 0 saturated carbocycles. The van der Waals surface area contributed by atoms with Crippen molar-refractivity contribution < 1.29 is 9.72 Å². The number of rotatable bonds is 13. The van der Waals surface area contributed by atoms with Crippen LogP contribution in [0.1, 0.15) is 49.0 Å². The van der Waals surface area contributed by atoms with E-state index < -0.39 is 4.92 Å². The predicted molar refractivity (Wildman–Crippen MR) is 213 cm³/mol. The van der Waals surface area contributed by atoms with Crippen LogP contribution in [0, 0.1) is 15.5 Å². The van der Waals surface area contributed by atoms with Gasteiger partial charge in [-0.15, -0.1) is 11.8 Å². The number of thioether (sulfide) groups is 1. The first-order valence-corrected chi connectivity index (χ1v) is 19.5. The quantitative estimate of drug-likeness (QED) is 0.0461. The zero-order chi connectivity index (χ0) is 35.8. The highest BCUT2D eigenvalue weighted by atomic mass is 35.5. The number of nitro benzene ring substituents is 1. The van der Waals surface area contributed by atoms with Crippen molar-refractivity contribution in [2.24, 2.45) is 5.41 Å². The van der Waals surface area contributed by atoms with Gasteiger partial charge in [0.25, 0.3) is 11.6 Å². The Balaban J connectivity index is 0.989. The van der Waals surface area contributed by atoms with Crippen molar-refractivity contribution >= 4 is 63.9 Å². The summed E-state index contributed by atoms with van der Waals surface area (Å²) in [6.07, 6.45) is 3.40. The van der Waals surface area contributed by atoms with E-state index in [9.17, 15) is 14.9 Å². The molecule has 2 aliphatic rings. The van der Waals surface area contributed by atoms with E-state index >= 15 is 0 Å². The summed E-state index contributed by atoms with van der Waals surface area (Å²) < 4.78 is 2.84. The molecule has 0 bridgehead atoms. The van der Waals surface area contributed by atoms with Crippen LogP contribution in [0.2, 0.25) is 5.02 Å². The van der Waals surface area contributed by atoms with Crippen LogP contribution >= 0.6 is 35.3 Å². The SMILES string of the molecule is CC1(C)CCC(c2ccc(Cl)cc2)=C(CN2CCN(c3ccc(C(=O)NSc4ccc(NCCSc5ccccc5)c([N+](=O)[O-])c4)cc3)CC2)C1. The van der Waals surface area contributed by atoms with Crippen molar-refractivity contribution in [3.8, 4) is 0 Å². The van der Waals surface area contributed by atoms with Gasteiger partial charge in [0.05, 0.1) is 4.92 Å². The highest BCUT2D eigenvalue weighted by Gasteiger charge is 2.29. The fourth-order valence-electron chi connectivity index (χ4n) is 6.73. The van der Waals surface area contributed by atoms with Crippen molar-refractivity contribution in [2.45, 2.75) is 42.9 Å². The molecule has 1 fully saturated rings. The number of amides is 1. The first-order valence-electron chi connectivity index (χ1n) is 17.4. The molecule has 0 atom stereocenters. The maximum atomic E-state index is 13.0. The van der Waals surface area contributed by atoms with Crippen molar-refractivity contribution in [2.75, 3.05) is 55.2 Å². The minimum absolute atomic E-state index is 0.0234. The summed E-state index contributed by atoms with van der Waals surface area (Å²) in [5.41, 5.74) is 6.70. The molecule has 6 rings (SSSR count). The van der Waals surface area contributed by atoms with E-state index in [2.05, 4.69) is 45.8 Å². The highest BCUT2D eigenvalue weighted by molar-refractivity contribution is 7.99. The summed E-state index contributed by atoms with van der Waals surface area (Å²) in [6.45, 7) is 10.1. The van der Waals surface area contributed by atoms with Gasteiger partial charge < -0.3 is 10.2 Å². The van der Waals surface area contributed by atoms with Crippen LogP contribution in [0.3, 0.4) is 0 Å². The third-order valence-electron chi connectivity index (χ3n) is 9.50. The van der Waals surface area contributed by atoms with Crippen molar-refractivity contribution in [1.82, 2.24) is 9.62 Å². The molecule has 2 N–H and O–H groups in total. The summed E-state index contributed by atoms with van der Waals surface area (Å²) in [5, 5.41) is 15.8. The number of carbonyl (C=O) groups is 1. The van der Waals surface area contributed by atoms with E-state index in [1.54, 1.807) is 29.5 Å². The summed E-state index contributed by atoms with van der Waals surface area (Å²) in [6, 6.07) is 31.0. The van der Waals surface area contributed by atoms with Crippen LogP contribution in [0.25, 0.3) is 5.57 Å². The third-order valence-corrected chi connectivity index (χ3v) is 11.5. The average Bonchev–Trinajstić information content (AvgIpc) is 3.14.